The number of hydrogen-bond acceptors (Lipinski definition) is 4. The number of piperidine rings is 2. The van der Waals surface area contributed by atoms with Crippen molar-refractivity contribution in [3.05, 3.63) is 59.4 Å². The van der Waals surface area contributed by atoms with Gasteiger partial charge in [-0.3, -0.25) is 14.6 Å². The average molecular weight is 487 g/mol. The molecule has 2 saturated heterocycles. The number of rotatable bonds is 4. The van der Waals surface area contributed by atoms with Crippen LogP contribution in [0.1, 0.15) is 78.9 Å². The molecular weight excluding hydrogens is 448 g/mol. The number of amides is 2. The molecule has 3 heterocycles. The number of carbonyl (C=O) groups is 2. The molecule has 6 nitrogen and oxygen atoms in total. The molecular formula is C30H38N4O2. The number of benzene rings is 1. The number of nitrogens with zero attached hydrogens (tertiary/aromatic N) is 4. The Labute approximate surface area is 214 Å². The second-order valence-electron chi connectivity index (χ2n) is 11.5. The van der Waals surface area contributed by atoms with Crippen LogP contribution in [0.2, 0.25) is 0 Å². The van der Waals surface area contributed by atoms with Crippen LogP contribution in [0.25, 0.3) is 0 Å². The lowest BCUT2D eigenvalue weighted by atomic mass is 9.71. The van der Waals surface area contributed by atoms with Gasteiger partial charge in [0.25, 0.3) is 5.91 Å². The average Bonchev–Trinajstić information content (AvgIpc) is 3.31. The van der Waals surface area contributed by atoms with E-state index in [4.69, 9.17) is 0 Å². The van der Waals surface area contributed by atoms with Gasteiger partial charge in [0.15, 0.2) is 0 Å². The molecule has 3 fully saturated rings. The largest absolute Gasteiger partial charge is 0.371 e. The number of likely N-dealkylation sites (tertiary alicyclic amines) is 1. The molecule has 1 unspecified atom stereocenters. The van der Waals surface area contributed by atoms with Crippen LogP contribution in [0, 0.1) is 11.3 Å². The first-order valence-corrected chi connectivity index (χ1v) is 13.9. The van der Waals surface area contributed by atoms with E-state index in [0.29, 0.717) is 5.41 Å². The van der Waals surface area contributed by atoms with Crippen molar-refractivity contribution in [2.45, 2.75) is 63.8 Å². The molecule has 1 aromatic heterocycles. The van der Waals surface area contributed by atoms with E-state index in [2.05, 4.69) is 39.0 Å². The minimum absolute atomic E-state index is 0.107. The van der Waals surface area contributed by atoms with Crippen molar-refractivity contribution in [2.75, 3.05) is 38.1 Å². The first kappa shape index (κ1) is 23.5. The first-order valence-electron chi connectivity index (χ1n) is 13.9. The molecule has 1 saturated carbocycles. The van der Waals surface area contributed by atoms with E-state index < -0.39 is 0 Å². The van der Waals surface area contributed by atoms with Gasteiger partial charge in [0.2, 0.25) is 5.91 Å². The first-order chi connectivity index (χ1) is 17.5. The molecule has 4 aliphatic rings. The van der Waals surface area contributed by atoms with Crippen molar-refractivity contribution in [3.63, 3.8) is 0 Å². The Balaban J connectivity index is 1.08. The summed E-state index contributed by atoms with van der Waals surface area (Å²) in [5, 5.41) is 0. The van der Waals surface area contributed by atoms with E-state index in [1.165, 1.54) is 36.1 Å². The lowest BCUT2D eigenvalue weighted by Crippen LogP contribution is -2.48. The lowest BCUT2D eigenvalue weighted by Gasteiger charge is -2.47. The summed E-state index contributed by atoms with van der Waals surface area (Å²) < 4.78 is 0. The van der Waals surface area contributed by atoms with Crippen LogP contribution in [0.3, 0.4) is 0 Å². The van der Waals surface area contributed by atoms with Gasteiger partial charge < -0.3 is 14.7 Å². The maximum absolute atomic E-state index is 13.5. The normalized spacial score (nSPS) is 23.3. The Morgan fingerprint density at radius 2 is 1.64 bits per heavy atom. The van der Waals surface area contributed by atoms with E-state index in [0.717, 1.165) is 70.3 Å². The van der Waals surface area contributed by atoms with Crippen LogP contribution < -0.4 is 4.90 Å². The summed E-state index contributed by atoms with van der Waals surface area (Å²) in [7, 11) is 1.96. The van der Waals surface area contributed by atoms with Crippen molar-refractivity contribution in [2.24, 2.45) is 11.3 Å². The highest BCUT2D eigenvalue weighted by atomic mass is 16.2. The lowest BCUT2D eigenvalue weighted by molar-refractivity contribution is -0.139. The number of aromatic nitrogens is 1. The number of aryl methyl sites for hydroxylation is 1. The van der Waals surface area contributed by atoms with Gasteiger partial charge >= 0.3 is 0 Å². The fraction of sp³-hybridized carbons (Fsp3) is 0.567. The quantitative estimate of drug-likeness (QED) is 0.620. The van der Waals surface area contributed by atoms with Crippen molar-refractivity contribution in [3.8, 4) is 0 Å². The monoisotopic (exact) mass is 486 g/mol. The van der Waals surface area contributed by atoms with Crippen LogP contribution in [0.5, 0.6) is 0 Å². The molecule has 6 rings (SSSR count). The zero-order valence-corrected chi connectivity index (χ0v) is 21.5. The fourth-order valence-corrected chi connectivity index (χ4v) is 6.87. The van der Waals surface area contributed by atoms with Gasteiger partial charge in [-0.1, -0.05) is 12.5 Å². The van der Waals surface area contributed by atoms with E-state index in [9.17, 15) is 9.59 Å². The molecule has 2 aliphatic carbocycles. The smallest absolute Gasteiger partial charge is 0.253 e. The number of carbonyl (C=O) groups excluding carboxylic acids is 2. The molecule has 2 amide bonds. The van der Waals surface area contributed by atoms with Crippen molar-refractivity contribution in [1.82, 2.24) is 14.8 Å². The SMILES string of the molecule is CN(C(=O)C1CCC1)C1CCc2ccc(C(=O)N3CCC4(CC3)CCN(c3ccncc3)CC4)cc21. The summed E-state index contributed by atoms with van der Waals surface area (Å²) in [6, 6.07) is 10.5. The molecule has 190 valence electrons. The molecule has 1 aromatic carbocycles. The Morgan fingerprint density at radius 1 is 0.944 bits per heavy atom. The van der Waals surface area contributed by atoms with E-state index in [-0.39, 0.29) is 23.8 Å². The van der Waals surface area contributed by atoms with Crippen molar-refractivity contribution in [1.29, 1.82) is 0 Å². The van der Waals surface area contributed by atoms with Gasteiger partial charge in [-0.25, -0.2) is 0 Å². The maximum Gasteiger partial charge on any atom is 0.253 e. The second kappa shape index (κ2) is 9.53. The van der Waals surface area contributed by atoms with Crippen LogP contribution in [-0.4, -0.2) is 59.8 Å². The van der Waals surface area contributed by atoms with E-state index >= 15 is 0 Å². The minimum Gasteiger partial charge on any atom is -0.371 e. The summed E-state index contributed by atoms with van der Waals surface area (Å²) in [5.41, 5.74) is 4.90. The van der Waals surface area contributed by atoms with Gasteiger partial charge in [-0.15, -0.1) is 0 Å². The minimum atomic E-state index is 0.107. The second-order valence-corrected chi connectivity index (χ2v) is 11.5. The number of fused-ring (bicyclic) bond motifs is 1. The summed E-state index contributed by atoms with van der Waals surface area (Å²) in [5.74, 6) is 0.647. The molecule has 0 N–H and O–H groups in total. The van der Waals surface area contributed by atoms with Gasteiger partial charge in [0, 0.05) is 62.8 Å². The van der Waals surface area contributed by atoms with Crippen LogP contribution in [0.4, 0.5) is 5.69 Å². The molecule has 36 heavy (non-hydrogen) atoms. The third kappa shape index (κ3) is 4.29. The molecule has 2 aliphatic heterocycles. The van der Waals surface area contributed by atoms with Crippen LogP contribution >= 0.6 is 0 Å². The zero-order chi connectivity index (χ0) is 24.7. The third-order valence-electron chi connectivity index (χ3n) is 9.67. The molecule has 0 bridgehead atoms. The van der Waals surface area contributed by atoms with Gasteiger partial charge in [0.05, 0.1) is 6.04 Å². The highest BCUT2D eigenvalue weighted by Crippen LogP contribution is 2.43. The summed E-state index contributed by atoms with van der Waals surface area (Å²) in [6.45, 7) is 3.85. The van der Waals surface area contributed by atoms with Crippen molar-refractivity contribution >= 4 is 17.5 Å². The molecule has 1 spiro atoms. The Kier molecular flexibility index (Phi) is 6.22. The number of pyridine rings is 1. The standard InChI is InChI=1S/C30H38N4O2/c1-32(28(35)23-3-2-4-23)27-8-7-22-5-6-24(21-26(22)27)29(36)34-19-13-30(14-20-34)11-17-33(18-12-30)25-9-15-31-16-10-25/h5-6,9-10,15-16,21,23,27H,2-4,7-8,11-14,17-20H2,1H3. The number of anilines is 1. The molecule has 2 aromatic rings. The number of hydrogen-bond donors (Lipinski definition) is 0. The van der Waals surface area contributed by atoms with Crippen molar-refractivity contribution < 1.29 is 9.59 Å². The highest BCUT2D eigenvalue weighted by Gasteiger charge is 2.39. The maximum atomic E-state index is 13.5. The van der Waals surface area contributed by atoms with Crippen LogP contribution in [-0.2, 0) is 11.2 Å². The third-order valence-corrected chi connectivity index (χ3v) is 9.67. The Morgan fingerprint density at radius 3 is 2.31 bits per heavy atom. The zero-order valence-electron chi connectivity index (χ0n) is 21.5. The van der Waals surface area contributed by atoms with Gasteiger partial charge in [-0.2, -0.15) is 0 Å². The summed E-state index contributed by atoms with van der Waals surface area (Å²) in [6.07, 6.45) is 13.5. The van der Waals surface area contributed by atoms with Gasteiger partial charge in [0.1, 0.15) is 0 Å². The Hall–Kier alpha value is -2.89. The van der Waals surface area contributed by atoms with Gasteiger partial charge in [-0.05, 0) is 92.2 Å². The topological polar surface area (TPSA) is 56.8 Å². The predicted molar refractivity (Wildman–Crippen MR) is 141 cm³/mol. The van der Waals surface area contributed by atoms with E-state index in [1.807, 2.05) is 30.4 Å². The molecule has 6 heteroatoms. The highest BCUT2D eigenvalue weighted by molar-refractivity contribution is 5.94. The Bertz CT molecular complexity index is 1110. The fourth-order valence-electron chi connectivity index (χ4n) is 6.87. The molecule has 0 radical (unpaired) electrons. The summed E-state index contributed by atoms with van der Waals surface area (Å²) in [4.78, 5) is 37.0. The summed E-state index contributed by atoms with van der Waals surface area (Å²) >= 11 is 0. The van der Waals surface area contributed by atoms with Crippen LogP contribution in [0.15, 0.2) is 42.7 Å². The molecule has 1 atom stereocenters. The predicted octanol–water partition coefficient (Wildman–Crippen LogP) is 4.85. The van der Waals surface area contributed by atoms with E-state index in [1.54, 1.807) is 0 Å².